The Labute approximate surface area is 112 Å². The lowest BCUT2D eigenvalue weighted by Crippen LogP contribution is -1.93. The predicted octanol–water partition coefficient (Wildman–Crippen LogP) is 1.94. The number of nitrogens with zero attached hydrogens (tertiary/aromatic N) is 4. The summed E-state index contributed by atoms with van der Waals surface area (Å²) in [5, 5.41) is 20.9. The molecule has 0 aliphatic heterocycles. The normalized spacial score (nSPS) is 11.4. The van der Waals surface area contributed by atoms with Crippen LogP contribution in [0.1, 0.15) is 0 Å². The van der Waals surface area contributed by atoms with E-state index in [9.17, 15) is 10.2 Å². The van der Waals surface area contributed by atoms with Crippen LogP contribution in [-0.4, -0.2) is 30.1 Å². The molecule has 0 saturated carbocycles. The van der Waals surface area contributed by atoms with Crippen LogP contribution in [0.2, 0.25) is 0 Å². The van der Waals surface area contributed by atoms with Crippen molar-refractivity contribution in [3.8, 4) is 11.9 Å². The lowest BCUT2D eigenvalue weighted by Gasteiger charge is -2.04. The van der Waals surface area contributed by atoms with Crippen molar-refractivity contribution in [3.63, 3.8) is 0 Å². The van der Waals surface area contributed by atoms with Crippen molar-refractivity contribution in [2.75, 3.05) is 0 Å². The highest BCUT2D eigenvalue weighted by atomic mass is 16.3. The number of benzene rings is 2. The third kappa shape index (κ3) is 1.45. The van der Waals surface area contributed by atoms with Crippen LogP contribution in [0.15, 0.2) is 30.3 Å². The summed E-state index contributed by atoms with van der Waals surface area (Å²) in [4.78, 5) is 15.9. The van der Waals surface area contributed by atoms with E-state index in [1.54, 1.807) is 6.07 Å². The van der Waals surface area contributed by atoms with Gasteiger partial charge >= 0.3 is 6.01 Å². The number of hydrogen-bond acceptors (Lipinski definition) is 6. The average Bonchev–Trinajstić information content (AvgIpc) is 2.45. The third-order valence-corrected chi connectivity index (χ3v) is 3.07. The lowest BCUT2D eigenvalue weighted by molar-refractivity contribution is 0.402. The first kappa shape index (κ1) is 10.9. The molecule has 0 bridgehead atoms. The van der Waals surface area contributed by atoms with Crippen LogP contribution in [0.4, 0.5) is 0 Å². The first-order valence-electron chi connectivity index (χ1n) is 5.89. The lowest BCUT2D eigenvalue weighted by atomic mass is 10.1. The van der Waals surface area contributed by atoms with Crippen molar-refractivity contribution in [2.45, 2.75) is 0 Å². The minimum Gasteiger partial charge on any atom is -0.492 e. The molecule has 95 valence electrons. The van der Waals surface area contributed by atoms with Crippen LogP contribution in [0.25, 0.3) is 33.0 Å². The third-order valence-electron chi connectivity index (χ3n) is 3.07. The number of fused-ring (bicyclic) bond motifs is 4. The van der Waals surface area contributed by atoms with Crippen molar-refractivity contribution >= 4 is 33.0 Å². The first-order valence-corrected chi connectivity index (χ1v) is 5.89. The van der Waals surface area contributed by atoms with Crippen molar-refractivity contribution < 1.29 is 10.2 Å². The summed E-state index contributed by atoms with van der Waals surface area (Å²) in [5.74, 6) is -0.390. The number of aromatic nitrogens is 4. The van der Waals surface area contributed by atoms with Crippen molar-refractivity contribution in [3.05, 3.63) is 36.4 Å². The standard InChI is InChI=1S/C14H7N4O2/c19-13-11-12(17-14(20)18-13)15-9-6-5-7-3-1-2-4-8(7)10(9)16-11/h1-4,6H,(H2,15,17,18,19,20). The van der Waals surface area contributed by atoms with Gasteiger partial charge in [-0.15, -0.1) is 0 Å². The van der Waals surface area contributed by atoms with Crippen molar-refractivity contribution in [1.82, 2.24) is 19.9 Å². The summed E-state index contributed by atoms with van der Waals surface area (Å²) in [7, 11) is 0. The molecule has 0 aliphatic rings. The Bertz CT molecular complexity index is 985. The van der Waals surface area contributed by atoms with Gasteiger partial charge in [0.1, 0.15) is 0 Å². The second kappa shape index (κ2) is 3.74. The highest BCUT2D eigenvalue weighted by Crippen LogP contribution is 2.27. The maximum Gasteiger partial charge on any atom is 0.319 e. The molecule has 2 heterocycles. The fourth-order valence-electron chi connectivity index (χ4n) is 2.19. The van der Waals surface area contributed by atoms with Gasteiger partial charge in [0, 0.05) is 5.39 Å². The zero-order valence-corrected chi connectivity index (χ0v) is 10.1. The zero-order valence-electron chi connectivity index (χ0n) is 10.1. The van der Waals surface area contributed by atoms with Gasteiger partial charge in [0.15, 0.2) is 11.2 Å². The maximum atomic E-state index is 9.76. The molecular weight excluding hydrogens is 256 g/mol. The van der Waals surface area contributed by atoms with Crippen LogP contribution in [0, 0.1) is 6.07 Å². The summed E-state index contributed by atoms with van der Waals surface area (Å²) in [6.45, 7) is 0. The summed E-state index contributed by atoms with van der Waals surface area (Å²) in [6.07, 6.45) is 0. The van der Waals surface area contributed by atoms with E-state index in [1.165, 1.54) is 0 Å². The smallest absolute Gasteiger partial charge is 0.319 e. The van der Waals surface area contributed by atoms with E-state index in [0.717, 1.165) is 10.8 Å². The molecule has 20 heavy (non-hydrogen) atoms. The second-order valence-corrected chi connectivity index (χ2v) is 4.31. The van der Waals surface area contributed by atoms with Crippen LogP contribution >= 0.6 is 0 Å². The highest BCUT2D eigenvalue weighted by molar-refractivity contribution is 6.05. The summed E-state index contributed by atoms with van der Waals surface area (Å²) in [6, 6.07) is 11.9. The van der Waals surface area contributed by atoms with Gasteiger partial charge in [-0.3, -0.25) is 0 Å². The molecule has 4 aromatic rings. The number of aromatic hydroxyl groups is 2. The van der Waals surface area contributed by atoms with E-state index in [0.29, 0.717) is 11.0 Å². The zero-order chi connectivity index (χ0) is 13.7. The van der Waals surface area contributed by atoms with Crippen molar-refractivity contribution in [1.29, 1.82) is 0 Å². The van der Waals surface area contributed by atoms with Crippen molar-refractivity contribution in [2.24, 2.45) is 0 Å². The minimum absolute atomic E-state index is 0.145. The van der Waals surface area contributed by atoms with Gasteiger partial charge in [-0.1, -0.05) is 24.3 Å². The van der Waals surface area contributed by atoms with E-state index >= 15 is 0 Å². The van der Waals surface area contributed by atoms with Gasteiger partial charge in [-0.05, 0) is 17.5 Å². The predicted molar refractivity (Wildman–Crippen MR) is 72.3 cm³/mol. The Balaban J connectivity index is 2.24. The van der Waals surface area contributed by atoms with E-state index in [2.05, 4.69) is 26.0 Å². The van der Waals surface area contributed by atoms with Crippen LogP contribution in [0.5, 0.6) is 11.9 Å². The van der Waals surface area contributed by atoms with Crippen LogP contribution < -0.4 is 0 Å². The molecule has 2 aromatic heterocycles. The molecule has 0 spiro atoms. The molecule has 2 aromatic carbocycles. The Morgan fingerprint density at radius 2 is 1.75 bits per heavy atom. The fraction of sp³-hybridized carbons (Fsp3) is 0. The molecule has 2 N–H and O–H groups in total. The molecule has 6 nitrogen and oxygen atoms in total. The topological polar surface area (TPSA) is 92.0 Å². The second-order valence-electron chi connectivity index (χ2n) is 4.31. The molecule has 4 rings (SSSR count). The van der Waals surface area contributed by atoms with Gasteiger partial charge in [0.05, 0.1) is 11.0 Å². The van der Waals surface area contributed by atoms with Gasteiger partial charge in [0.25, 0.3) is 0 Å². The molecule has 0 amide bonds. The minimum atomic E-state index is -0.534. The molecule has 0 aliphatic carbocycles. The molecule has 0 fully saturated rings. The van der Waals surface area contributed by atoms with Crippen LogP contribution in [0.3, 0.4) is 0 Å². The molecule has 6 heteroatoms. The molecule has 0 unspecified atom stereocenters. The van der Waals surface area contributed by atoms with E-state index in [1.807, 2.05) is 24.3 Å². The van der Waals surface area contributed by atoms with Crippen LogP contribution in [-0.2, 0) is 0 Å². The monoisotopic (exact) mass is 263 g/mol. The fourth-order valence-corrected chi connectivity index (χ4v) is 2.19. The average molecular weight is 263 g/mol. The summed E-state index contributed by atoms with van der Waals surface area (Å²) >= 11 is 0. The van der Waals surface area contributed by atoms with Gasteiger partial charge in [-0.2, -0.15) is 9.97 Å². The maximum absolute atomic E-state index is 9.76. The Morgan fingerprint density at radius 1 is 0.900 bits per heavy atom. The van der Waals surface area contributed by atoms with Gasteiger partial charge < -0.3 is 10.2 Å². The van der Waals surface area contributed by atoms with E-state index in [4.69, 9.17) is 0 Å². The molecular formula is C14H7N4O2. The largest absolute Gasteiger partial charge is 0.492 e. The molecule has 1 radical (unpaired) electrons. The SMILES string of the molecule is Oc1nc(O)c2nc3c(c[c]c4ccccc43)nc2n1. The van der Waals surface area contributed by atoms with E-state index < -0.39 is 6.01 Å². The first-order chi connectivity index (χ1) is 9.72. The summed E-state index contributed by atoms with van der Waals surface area (Å²) < 4.78 is 0. The highest BCUT2D eigenvalue weighted by Gasteiger charge is 2.12. The van der Waals surface area contributed by atoms with Gasteiger partial charge in [-0.25, -0.2) is 9.97 Å². The number of hydrogen-bond donors (Lipinski definition) is 2. The molecule has 0 saturated heterocycles. The Hall–Kier alpha value is -3.02. The Kier molecular flexibility index (Phi) is 2.03. The quantitative estimate of drug-likeness (QED) is 0.372. The van der Waals surface area contributed by atoms with Gasteiger partial charge in [0.2, 0.25) is 5.88 Å². The molecule has 0 atom stereocenters. The Morgan fingerprint density at radius 3 is 2.65 bits per heavy atom. The number of rotatable bonds is 0. The van der Waals surface area contributed by atoms with E-state index in [-0.39, 0.29) is 17.0 Å². The summed E-state index contributed by atoms with van der Waals surface area (Å²) in [5.41, 5.74) is 1.53.